The molecule has 3 aromatic heterocycles. The molecule has 0 radical (unpaired) electrons. The molecule has 0 saturated heterocycles. The van der Waals surface area contributed by atoms with Crippen LogP contribution in [0.2, 0.25) is 0 Å². The number of hydrogen-bond acceptors (Lipinski definition) is 6. The zero-order valence-electron chi connectivity index (χ0n) is 19.2. The summed E-state index contributed by atoms with van der Waals surface area (Å²) in [5, 5.41) is 16.5. The van der Waals surface area contributed by atoms with E-state index in [1.54, 1.807) is 24.3 Å². The number of sulfonamides is 1. The number of benzene rings is 2. The maximum absolute atomic E-state index is 14.0. The SMILES string of the molecule is Cc1c(C#N)c2nc3ccccc3n2c(=O)c1=Cc1c(C(F)(F)F)[nH]n(-c2ccc(S(N)(=O)=O)cc2)c1=O. The van der Waals surface area contributed by atoms with Gasteiger partial charge >= 0.3 is 6.18 Å². The van der Waals surface area contributed by atoms with Crippen LogP contribution in [-0.2, 0) is 16.2 Å². The third-order valence-electron chi connectivity index (χ3n) is 6.03. The lowest BCUT2D eigenvalue weighted by Crippen LogP contribution is -2.35. The number of aromatic nitrogens is 4. The van der Waals surface area contributed by atoms with Crippen molar-refractivity contribution in [2.75, 3.05) is 0 Å². The molecule has 0 amide bonds. The third-order valence-corrected chi connectivity index (χ3v) is 6.96. The number of primary sulfonamides is 1. The van der Waals surface area contributed by atoms with Crippen LogP contribution < -0.4 is 21.5 Å². The van der Waals surface area contributed by atoms with Crippen LogP contribution in [0, 0.1) is 18.3 Å². The van der Waals surface area contributed by atoms with Gasteiger partial charge in [-0.25, -0.2) is 23.2 Å². The van der Waals surface area contributed by atoms with E-state index < -0.39 is 38.6 Å². The Labute approximate surface area is 210 Å². The molecule has 0 bridgehead atoms. The van der Waals surface area contributed by atoms with Crippen molar-refractivity contribution in [2.45, 2.75) is 18.0 Å². The highest BCUT2D eigenvalue weighted by Crippen LogP contribution is 2.30. The van der Waals surface area contributed by atoms with Crippen molar-refractivity contribution >= 4 is 32.8 Å². The van der Waals surface area contributed by atoms with E-state index >= 15 is 0 Å². The van der Waals surface area contributed by atoms with Crippen molar-refractivity contribution in [3.63, 3.8) is 0 Å². The Morgan fingerprint density at radius 3 is 2.34 bits per heavy atom. The number of imidazole rings is 1. The molecule has 38 heavy (non-hydrogen) atoms. The van der Waals surface area contributed by atoms with E-state index in [2.05, 4.69) is 4.98 Å². The van der Waals surface area contributed by atoms with Crippen LogP contribution in [0.4, 0.5) is 13.2 Å². The molecule has 0 unspecified atom stereocenters. The van der Waals surface area contributed by atoms with Crippen LogP contribution in [0.25, 0.3) is 28.4 Å². The molecule has 0 atom stereocenters. The maximum Gasteiger partial charge on any atom is 0.433 e. The van der Waals surface area contributed by atoms with Gasteiger partial charge in [0, 0.05) is 5.22 Å². The molecule has 3 N–H and O–H groups in total. The van der Waals surface area contributed by atoms with Gasteiger partial charge in [-0.2, -0.15) is 18.4 Å². The first-order valence-corrected chi connectivity index (χ1v) is 12.3. The average Bonchev–Trinajstić information content (AvgIpc) is 3.39. The van der Waals surface area contributed by atoms with Crippen molar-refractivity contribution in [2.24, 2.45) is 5.14 Å². The summed E-state index contributed by atoms with van der Waals surface area (Å²) < 4.78 is 66.7. The van der Waals surface area contributed by atoms with E-state index in [0.29, 0.717) is 15.7 Å². The van der Waals surface area contributed by atoms with Crippen molar-refractivity contribution in [3.05, 3.63) is 96.8 Å². The predicted molar refractivity (Wildman–Crippen MR) is 130 cm³/mol. The number of rotatable bonds is 3. The van der Waals surface area contributed by atoms with Crippen molar-refractivity contribution in [1.82, 2.24) is 19.2 Å². The standard InChI is InChI=1S/C24H15F3N6O4S/c1-12-15(22(34)32-19-5-3-2-4-18(19)30-21(32)17(12)11-28)10-16-20(24(25,26)27)31-33(23(16)35)13-6-8-14(9-7-13)38(29,36)37/h2-10,31H,1H3,(H2,29,36,37). The molecule has 5 aromatic rings. The molecule has 10 nitrogen and oxygen atoms in total. The first-order valence-electron chi connectivity index (χ1n) is 10.7. The highest BCUT2D eigenvalue weighted by molar-refractivity contribution is 7.89. The first kappa shape index (κ1) is 24.9. The number of pyridine rings is 1. The van der Waals surface area contributed by atoms with Crippen LogP contribution in [-0.4, -0.2) is 27.6 Å². The maximum atomic E-state index is 14.0. The van der Waals surface area contributed by atoms with Gasteiger partial charge in [0.2, 0.25) is 10.0 Å². The van der Waals surface area contributed by atoms with Crippen molar-refractivity contribution in [1.29, 1.82) is 5.26 Å². The summed E-state index contributed by atoms with van der Waals surface area (Å²) in [6.45, 7) is 1.38. The summed E-state index contributed by atoms with van der Waals surface area (Å²) in [5.41, 5.74) is -3.53. The molecular formula is C24H15F3N6O4S. The quantitative estimate of drug-likeness (QED) is 0.355. The number of nitrogens with one attached hydrogen (secondary N) is 1. The minimum Gasteiger partial charge on any atom is -0.286 e. The lowest BCUT2D eigenvalue weighted by molar-refractivity contribution is -0.141. The summed E-state index contributed by atoms with van der Waals surface area (Å²) in [6, 6.07) is 12.7. The molecule has 0 saturated carbocycles. The Kier molecular flexibility index (Phi) is 5.51. The van der Waals surface area contributed by atoms with E-state index in [4.69, 9.17) is 5.14 Å². The van der Waals surface area contributed by atoms with Crippen LogP contribution in [0.3, 0.4) is 0 Å². The molecule has 0 fully saturated rings. The lowest BCUT2D eigenvalue weighted by atomic mass is 10.1. The largest absolute Gasteiger partial charge is 0.433 e. The molecule has 0 aliphatic heterocycles. The summed E-state index contributed by atoms with van der Waals surface area (Å²) in [4.78, 5) is 30.7. The Hall–Kier alpha value is -4.74. The molecule has 0 spiro atoms. The number of para-hydroxylation sites is 2. The van der Waals surface area contributed by atoms with Gasteiger partial charge in [-0.15, -0.1) is 0 Å². The minimum atomic E-state index is -5.03. The molecule has 0 aliphatic rings. The third kappa shape index (κ3) is 3.85. The number of alkyl halides is 3. The van der Waals surface area contributed by atoms with Crippen LogP contribution in [0.1, 0.15) is 22.4 Å². The molecular weight excluding hydrogens is 525 g/mol. The van der Waals surface area contributed by atoms with Crippen LogP contribution in [0.5, 0.6) is 0 Å². The number of aromatic amines is 1. The smallest absolute Gasteiger partial charge is 0.286 e. The molecule has 3 heterocycles. The predicted octanol–water partition coefficient (Wildman–Crippen LogP) is 1.72. The zero-order chi connectivity index (χ0) is 27.6. The number of nitriles is 1. The second-order valence-electron chi connectivity index (χ2n) is 8.31. The highest BCUT2D eigenvalue weighted by Gasteiger charge is 2.37. The number of nitrogens with two attached hydrogens (primary N) is 1. The normalized spacial score (nSPS) is 12.9. The van der Waals surface area contributed by atoms with Gasteiger partial charge in [-0.3, -0.25) is 19.1 Å². The van der Waals surface area contributed by atoms with E-state index in [1.165, 1.54) is 6.92 Å². The summed E-state index contributed by atoms with van der Waals surface area (Å²) in [7, 11) is -4.08. The fourth-order valence-electron chi connectivity index (χ4n) is 4.20. The van der Waals surface area contributed by atoms with Gasteiger partial charge in [0.15, 0.2) is 5.65 Å². The monoisotopic (exact) mass is 540 g/mol. The van der Waals surface area contributed by atoms with Crippen molar-refractivity contribution < 1.29 is 21.6 Å². The molecule has 5 rings (SSSR count). The van der Waals surface area contributed by atoms with E-state index in [-0.39, 0.29) is 32.6 Å². The van der Waals surface area contributed by atoms with Gasteiger partial charge in [-0.1, -0.05) is 12.1 Å². The Morgan fingerprint density at radius 2 is 1.74 bits per heavy atom. The van der Waals surface area contributed by atoms with Gasteiger partial charge in [-0.05, 0) is 55.0 Å². The summed E-state index contributed by atoms with van der Waals surface area (Å²) >= 11 is 0. The fourth-order valence-corrected chi connectivity index (χ4v) is 4.71. The van der Waals surface area contributed by atoms with E-state index in [9.17, 15) is 36.4 Å². The van der Waals surface area contributed by atoms with Gasteiger partial charge in [0.25, 0.3) is 11.1 Å². The number of hydrogen-bond donors (Lipinski definition) is 2. The molecule has 14 heteroatoms. The zero-order valence-corrected chi connectivity index (χ0v) is 20.1. The Balaban J connectivity index is 1.85. The van der Waals surface area contributed by atoms with Crippen LogP contribution in [0.15, 0.2) is 63.0 Å². The first-order chi connectivity index (χ1) is 17.8. The van der Waals surface area contributed by atoms with E-state index in [0.717, 1.165) is 34.7 Å². The summed E-state index contributed by atoms with van der Waals surface area (Å²) in [5.74, 6) is 0. The average molecular weight is 540 g/mol. The topological polar surface area (TPSA) is 156 Å². The van der Waals surface area contributed by atoms with Gasteiger partial charge in [0.1, 0.15) is 11.8 Å². The number of nitrogens with zero attached hydrogens (tertiary/aromatic N) is 4. The van der Waals surface area contributed by atoms with Crippen LogP contribution >= 0.6 is 0 Å². The van der Waals surface area contributed by atoms with Crippen molar-refractivity contribution in [3.8, 4) is 11.8 Å². The number of halogens is 3. The van der Waals surface area contributed by atoms with E-state index in [1.807, 2.05) is 11.2 Å². The van der Waals surface area contributed by atoms with Gasteiger partial charge < -0.3 is 0 Å². The Bertz CT molecular complexity index is 2100. The van der Waals surface area contributed by atoms with Gasteiger partial charge in [0.05, 0.1) is 32.7 Å². The lowest BCUT2D eigenvalue weighted by Gasteiger charge is -2.06. The summed E-state index contributed by atoms with van der Waals surface area (Å²) in [6.07, 6.45) is -4.23. The fraction of sp³-hybridized carbons (Fsp3) is 0.0833. The molecule has 2 aromatic carbocycles. The highest BCUT2D eigenvalue weighted by atomic mass is 32.2. The number of fused-ring (bicyclic) bond motifs is 3. The molecule has 0 aliphatic carbocycles. The number of H-pyrrole nitrogens is 1. The minimum absolute atomic E-state index is 0.0324. The second-order valence-corrected chi connectivity index (χ2v) is 9.87. The Morgan fingerprint density at radius 1 is 1.08 bits per heavy atom. The second kappa shape index (κ2) is 8.40. The molecule has 192 valence electrons.